The minimum Gasteiger partial charge on any atom is -0.379 e. The molecular formula is C19H22FN5O2. The first-order chi connectivity index (χ1) is 13.1. The molecule has 0 spiro atoms. The normalized spacial score (nSPS) is 15.3. The van der Waals surface area contributed by atoms with E-state index in [1.807, 2.05) is 0 Å². The zero-order valence-electron chi connectivity index (χ0n) is 15.2. The van der Waals surface area contributed by atoms with Gasteiger partial charge in [-0.15, -0.1) is 0 Å². The molecule has 1 saturated heterocycles. The van der Waals surface area contributed by atoms with Crippen LogP contribution in [0.4, 0.5) is 4.39 Å². The maximum Gasteiger partial charge on any atom is 0.271 e. The van der Waals surface area contributed by atoms with Crippen molar-refractivity contribution in [2.45, 2.75) is 0 Å². The van der Waals surface area contributed by atoms with Gasteiger partial charge in [-0.2, -0.15) is 5.10 Å². The third-order valence-corrected chi connectivity index (χ3v) is 4.85. The average molecular weight is 371 g/mol. The summed E-state index contributed by atoms with van der Waals surface area (Å²) in [5, 5.41) is 8.15. The molecule has 0 aliphatic carbocycles. The smallest absolute Gasteiger partial charge is 0.271 e. The van der Waals surface area contributed by atoms with Crippen molar-refractivity contribution in [2.75, 3.05) is 39.4 Å². The number of nitrogens with one attached hydrogen (secondary N) is 2. The van der Waals surface area contributed by atoms with Crippen LogP contribution in [0.5, 0.6) is 0 Å². The number of amides is 1. The van der Waals surface area contributed by atoms with E-state index in [0.29, 0.717) is 17.8 Å². The SMILES string of the molecule is Cn1nc(C(=O)NCCN2CCOCC2)cc1-c1c[nH]c2cc(F)ccc12. The molecular weight excluding hydrogens is 349 g/mol. The number of carbonyl (C=O) groups is 1. The highest BCUT2D eigenvalue weighted by Crippen LogP contribution is 2.29. The highest BCUT2D eigenvalue weighted by atomic mass is 19.1. The van der Waals surface area contributed by atoms with E-state index in [1.54, 1.807) is 30.1 Å². The van der Waals surface area contributed by atoms with E-state index in [2.05, 4.69) is 20.3 Å². The molecule has 0 atom stereocenters. The van der Waals surface area contributed by atoms with Gasteiger partial charge in [-0.05, 0) is 24.3 Å². The number of morpholine rings is 1. The number of carbonyl (C=O) groups excluding carboxylic acids is 1. The maximum atomic E-state index is 13.4. The molecule has 142 valence electrons. The van der Waals surface area contributed by atoms with Crippen molar-refractivity contribution in [3.63, 3.8) is 0 Å². The minimum atomic E-state index is -0.291. The lowest BCUT2D eigenvalue weighted by atomic mass is 10.1. The van der Waals surface area contributed by atoms with E-state index in [4.69, 9.17) is 4.74 Å². The van der Waals surface area contributed by atoms with E-state index in [-0.39, 0.29) is 11.7 Å². The zero-order chi connectivity index (χ0) is 18.8. The van der Waals surface area contributed by atoms with Crippen molar-refractivity contribution in [1.29, 1.82) is 0 Å². The Morgan fingerprint density at radius 2 is 2.15 bits per heavy atom. The molecule has 3 heterocycles. The van der Waals surface area contributed by atoms with Gasteiger partial charge in [0.2, 0.25) is 0 Å². The van der Waals surface area contributed by atoms with Crippen LogP contribution in [0.3, 0.4) is 0 Å². The van der Waals surface area contributed by atoms with Crippen molar-refractivity contribution in [3.05, 3.63) is 42.0 Å². The largest absolute Gasteiger partial charge is 0.379 e. The topological polar surface area (TPSA) is 75.2 Å². The number of aromatic amines is 1. The maximum absolute atomic E-state index is 13.4. The summed E-state index contributed by atoms with van der Waals surface area (Å²) in [5.74, 6) is -0.489. The van der Waals surface area contributed by atoms with Crippen LogP contribution in [0.1, 0.15) is 10.5 Å². The second kappa shape index (κ2) is 7.50. The second-order valence-corrected chi connectivity index (χ2v) is 6.64. The summed E-state index contributed by atoms with van der Waals surface area (Å²) in [6.07, 6.45) is 1.81. The predicted molar refractivity (Wildman–Crippen MR) is 100 cm³/mol. The van der Waals surface area contributed by atoms with Crippen LogP contribution in [-0.4, -0.2) is 65.0 Å². The van der Waals surface area contributed by atoms with Crippen molar-refractivity contribution < 1.29 is 13.9 Å². The number of nitrogens with zero attached hydrogens (tertiary/aromatic N) is 3. The molecule has 1 aliphatic rings. The number of hydrogen-bond donors (Lipinski definition) is 2. The zero-order valence-corrected chi connectivity index (χ0v) is 15.2. The number of benzene rings is 1. The summed E-state index contributed by atoms with van der Waals surface area (Å²) in [6.45, 7) is 4.63. The molecule has 1 aromatic carbocycles. The first kappa shape index (κ1) is 17.7. The third-order valence-electron chi connectivity index (χ3n) is 4.85. The number of halogens is 1. The number of rotatable bonds is 5. The Morgan fingerprint density at radius 1 is 1.33 bits per heavy atom. The highest BCUT2D eigenvalue weighted by Gasteiger charge is 2.17. The molecule has 1 fully saturated rings. The summed E-state index contributed by atoms with van der Waals surface area (Å²) in [5.41, 5.74) is 2.76. The molecule has 3 aromatic rings. The fraction of sp³-hybridized carbons (Fsp3) is 0.368. The average Bonchev–Trinajstić information content (AvgIpc) is 3.25. The molecule has 1 amide bonds. The third kappa shape index (κ3) is 3.72. The van der Waals surface area contributed by atoms with E-state index >= 15 is 0 Å². The Labute approximate surface area is 156 Å². The molecule has 0 unspecified atom stereocenters. The molecule has 7 nitrogen and oxygen atoms in total. The van der Waals surface area contributed by atoms with Crippen LogP contribution in [0, 0.1) is 5.82 Å². The van der Waals surface area contributed by atoms with Gasteiger partial charge in [0.1, 0.15) is 5.82 Å². The summed E-state index contributed by atoms with van der Waals surface area (Å²) in [4.78, 5) is 17.8. The van der Waals surface area contributed by atoms with Crippen molar-refractivity contribution >= 4 is 16.8 Å². The minimum absolute atomic E-state index is 0.198. The van der Waals surface area contributed by atoms with Gasteiger partial charge in [-0.3, -0.25) is 14.4 Å². The van der Waals surface area contributed by atoms with Crippen LogP contribution in [0.2, 0.25) is 0 Å². The Bertz CT molecular complexity index is 958. The quantitative estimate of drug-likeness (QED) is 0.717. The van der Waals surface area contributed by atoms with Gasteiger partial charge in [-0.1, -0.05) is 0 Å². The molecule has 0 radical (unpaired) electrons. The fourth-order valence-corrected chi connectivity index (χ4v) is 3.38. The lowest BCUT2D eigenvalue weighted by molar-refractivity contribution is 0.0383. The number of hydrogen-bond acceptors (Lipinski definition) is 4. The molecule has 4 rings (SSSR count). The Hall–Kier alpha value is -2.71. The first-order valence-corrected chi connectivity index (χ1v) is 9.01. The molecule has 8 heteroatoms. The van der Waals surface area contributed by atoms with E-state index in [0.717, 1.165) is 49.5 Å². The Balaban J connectivity index is 1.46. The van der Waals surface area contributed by atoms with Crippen molar-refractivity contribution in [3.8, 4) is 11.3 Å². The summed E-state index contributed by atoms with van der Waals surface area (Å²) >= 11 is 0. The standard InChI is InChI=1S/C19H22FN5O2/c1-24-18(15-12-22-16-10-13(20)2-3-14(15)16)11-17(23-24)19(26)21-4-5-25-6-8-27-9-7-25/h2-3,10-12,22H,4-9H2,1H3,(H,21,26). The van der Waals surface area contributed by atoms with E-state index < -0.39 is 0 Å². The number of aryl methyl sites for hydroxylation is 1. The van der Waals surface area contributed by atoms with Crippen molar-refractivity contribution in [1.82, 2.24) is 25.0 Å². The van der Waals surface area contributed by atoms with Crippen molar-refractivity contribution in [2.24, 2.45) is 7.05 Å². The van der Waals surface area contributed by atoms with E-state index in [1.165, 1.54) is 12.1 Å². The lowest BCUT2D eigenvalue weighted by Gasteiger charge is -2.26. The van der Waals surface area contributed by atoms with Crippen LogP contribution in [-0.2, 0) is 11.8 Å². The van der Waals surface area contributed by atoms with Gasteiger partial charge in [0, 0.05) is 55.9 Å². The van der Waals surface area contributed by atoms with Gasteiger partial charge in [0.15, 0.2) is 5.69 Å². The van der Waals surface area contributed by atoms with Crippen LogP contribution in [0.15, 0.2) is 30.5 Å². The second-order valence-electron chi connectivity index (χ2n) is 6.64. The number of H-pyrrole nitrogens is 1. The molecule has 0 saturated carbocycles. The Morgan fingerprint density at radius 3 is 2.96 bits per heavy atom. The number of ether oxygens (including phenoxy) is 1. The number of aromatic nitrogens is 3. The summed E-state index contributed by atoms with van der Waals surface area (Å²) < 4.78 is 20.4. The molecule has 2 aromatic heterocycles. The van der Waals surface area contributed by atoms with Gasteiger partial charge in [-0.25, -0.2) is 4.39 Å². The Kier molecular flexibility index (Phi) is 4.91. The fourth-order valence-electron chi connectivity index (χ4n) is 3.38. The van der Waals surface area contributed by atoms with Crippen LogP contribution in [0.25, 0.3) is 22.2 Å². The highest BCUT2D eigenvalue weighted by molar-refractivity contribution is 5.97. The summed E-state index contributed by atoms with van der Waals surface area (Å²) in [7, 11) is 1.79. The molecule has 1 aliphatic heterocycles. The number of fused-ring (bicyclic) bond motifs is 1. The molecule has 0 bridgehead atoms. The molecule has 2 N–H and O–H groups in total. The van der Waals surface area contributed by atoms with Crippen LogP contribution < -0.4 is 5.32 Å². The van der Waals surface area contributed by atoms with Gasteiger partial charge >= 0.3 is 0 Å². The van der Waals surface area contributed by atoms with Crippen LogP contribution >= 0.6 is 0 Å². The lowest BCUT2D eigenvalue weighted by Crippen LogP contribution is -2.41. The van der Waals surface area contributed by atoms with Gasteiger partial charge < -0.3 is 15.0 Å². The molecule has 27 heavy (non-hydrogen) atoms. The van der Waals surface area contributed by atoms with Gasteiger partial charge in [0.25, 0.3) is 5.91 Å². The first-order valence-electron chi connectivity index (χ1n) is 9.01. The van der Waals surface area contributed by atoms with Gasteiger partial charge in [0.05, 0.1) is 18.9 Å². The van der Waals surface area contributed by atoms with E-state index in [9.17, 15) is 9.18 Å². The summed E-state index contributed by atoms with van der Waals surface area (Å²) in [6, 6.07) is 6.37. The monoisotopic (exact) mass is 371 g/mol. The predicted octanol–water partition coefficient (Wildman–Crippen LogP) is 1.77.